The highest BCUT2D eigenvalue weighted by Gasteiger charge is 2.24. The average Bonchev–Trinajstić information content (AvgIpc) is 2.92. The number of hydrogen-bond donors (Lipinski definition) is 3. The topological polar surface area (TPSA) is 87.9 Å². The van der Waals surface area contributed by atoms with Crippen LogP contribution in [-0.4, -0.2) is 43.3 Å². The van der Waals surface area contributed by atoms with Gasteiger partial charge in [-0.2, -0.15) is 0 Å². The number of alkyl carbamates (subject to hydrolysis) is 1. The Morgan fingerprint density at radius 1 is 1.24 bits per heavy atom. The van der Waals surface area contributed by atoms with Crippen molar-refractivity contribution in [1.82, 2.24) is 16.0 Å². The molecule has 3 N–H and O–H groups in total. The van der Waals surface area contributed by atoms with E-state index in [1.165, 1.54) is 0 Å². The van der Waals surface area contributed by atoms with E-state index in [2.05, 4.69) is 20.9 Å². The zero-order chi connectivity index (χ0) is 18.2. The fourth-order valence-corrected chi connectivity index (χ4v) is 1.91. The first-order valence-corrected chi connectivity index (χ1v) is 8.09. The van der Waals surface area contributed by atoms with Crippen LogP contribution in [0.2, 0.25) is 0 Å². The van der Waals surface area contributed by atoms with Crippen molar-refractivity contribution >= 4 is 36.0 Å². The molecule has 0 aliphatic heterocycles. The van der Waals surface area contributed by atoms with Gasteiger partial charge in [0.25, 0.3) is 0 Å². The molecule has 0 atom stereocenters. The van der Waals surface area contributed by atoms with Crippen LogP contribution in [0.5, 0.6) is 0 Å². The summed E-state index contributed by atoms with van der Waals surface area (Å²) in [5.41, 5.74) is -1.00. The predicted molar refractivity (Wildman–Crippen MR) is 111 cm³/mol. The normalized spacial score (nSPS) is 12.2. The van der Waals surface area contributed by atoms with E-state index in [9.17, 15) is 4.79 Å². The largest absolute Gasteiger partial charge is 0.469 e. The van der Waals surface area contributed by atoms with Crippen LogP contribution in [0.1, 0.15) is 40.4 Å². The zero-order valence-electron chi connectivity index (χ0n) is 15.9. The Morgan fingerprint density at radius 3 is 2.44 bits per heavy atom. The van der Waals surface area contributed by atoms with Crippen LogP contribution in [0.15, 0.2) is 27.8 Å². The first-order chi connectivity index (χ1) is 11.1. The lowest BCUT2D eigenvalue weighted by Crippen LogP contribution is -2.54. The van der Waals surface area contributed by atoms with Gasteiger partial charge < -0.3 is 25.1 Å². The van der Waals surface area contributed by atoms with Crippen LogP contribution in [-0.2, 0) is 11.2 Å². The molecule has 1 amide bonds. The minimum Gasteiger partial charge on any atom is -0.469 e. The lowest BCUT2D eigenvalue weighted by Gasteiger charge is -2.29. The summed E-state index contributed by atoms with van der Waals surface area (Å²) in [6.07, 6.45) is 2.00. The Labute approximate surface area is 167 Å². The van der Waals surface area contributed by atoms with Gasteiger partial charge in [0, 0.05) is 26.6 Å². The molecule has 0 unspecified atom stereocenters. The number of nitrogens with one attached hydrogen (secondary N) is 3. The number of aliphatic imine (C=N–C) groups is 1. The molecule has 0 aliphatic rings. The van der Waals surface area contributed by atoms with Gasteiger partial charge in [-0.3, -0.25) is 4.99 Å². The molecule has 25 heavy (non-hydrogen) atoms. The van der Waals surface area contributed by atoms with Gasteiger partial charge in [-0.1, -0.05) is 0 Å². The zero-order valence-corrected chi connectivity index (χ0v) is 18.3. The number of rotatable bonds is 6. The van der Waals surface area contributed by atoms with Crippen molar-refractivity contribution in [3.8, 4) is 0 Å². The number of carbonyl (C=O) groups excluding carboxylic acids is 1. The minimum absolute atomic E-state index is 0. The summed E-state index contributed by atoms with van der Waals surface area (Å²) in [5, 5.41) is 9.25. The average molecular weight is 466 g/mol. The number of ether oxygens (including phenoxy) is 1. The summed E-state index contributed by atoms with van der Waals surface area (Å²) in [6.45, 7) is 10.5. The van der Waals surface area contributed by atoms with Crippen LogP contribution in [0.3, 0.4) is 0 Å². The summed E-state index contributed by atoms with van der Waals surface area (Å²) in [7, 11) is 1.70. The quantitative estimate of drug-likeness (QED) is 0.341. The van der Waals surface area contributed by atoms with Gasteiger partial charge in [0.05, 0.1) is 11.8 Å². The number of amides is 1. The Hall–Kier alpha value is -1.45. The molecule has 0 saturated heterocycles. The van der Waals surface area contributed by atoms with Gasteiger partial charge in [-0.05, 0) is 46.8 Å². The third-order valence-corrected chi connectivity index (χ3v) is 3.00. The smallest absolute Gasteiger partial charge is 0.408 e. The molecule has 144 valence electrons. The van der Waals surface area contributed by atoms with E-state index in [1.807, 2.05) is 46.8 Å². The molecule has 1 aromatic heterocycles. The Balaban J connectivity index is 0.00000576. The highest BCUT2D eigenvalue weighted by Crippen LogP contribution is 2.09. The molecule has 7 nitrogen and oxygen atoms in total. The predicted octanol–water partition coefficient (Wildman–Crippen LogP) is 2.91. The van der Waals surface area contributed by atoms with Crippen LogP contribution in [0.25, 0.3) is 0 Å². The lowest BCUT2D eigenvalue weighted by molar-refractivity contribution is 0.0474. The molecule has 0 spiro atoms. The molecular weight excluding hydrogens is 435 g/mol. The van der Waals surface area contributed by atoms with E-state index in [4.69, 9.17) is 9.15 Å². The number of hydrogen-bond acceptors (Lipinski definition) is 4. The molecule has 1 heterocycles. The summed E-state index contributed by atoms with van der Waals surface area (Å²) < 4.78 is 10.6. The van der Waals surface area contributed by atoms with Crippen molar-refractivity contribution in [2.75, 3.05) is 20.1 Å². The Kier molecular flexibility index (Phi) is 9.91. The molecule has 8 heteroatoms. The fraction of sp³-hybridized carbons (Fsp3) is 0.647. The second kappa shape index (κ2) is 10.5. The maximum atomic E-state index is 11.9. The van der Waals surface area contributed by atoms with E-state index < -0.39 is 17.2 Å². The first kappa shape index (κ1) is 23.5. The summed E-state index contributed by atoms with van der Waals surface area (Å²) in [6, 6.07) is 3.80. The Bertz CT molecular complexity index is 537. The molecule has 0 saturated carbocycles. The third kappa shape index (κ3) is 10.9. The molecule has 1 rings (SSSR count). The lowest BCUT2D eigenvalue weighted by atomic mass is 10.1. The van der Waals surface area contributed by atoms with Gasteiger partial charge in [0.1, 0.15) is 11.4 Å². The van der Waals surface area contributed by atoms with Crippen LogP contribution >= 0.6 is 24.0 Å². The van der Waals surface area contributed by atoms with Crippen molar-refractivity contribution in [3.63, 3.8) is 0 Å². The van der Waals surface area contributed by atoms with Crippen molar-refractivity contribution in [2.45, 2.75) is 52.2 Å². The van der Waals surface area contributed by atoms with Crippen molar-refractivity contribution in [1.29, 1.82) is 0 Å². The van der Waals surface area contributed by atoms with Gasteiger partial charge in [-0.15, -0.1) is 24.0 Å². The van der Waals surface area contributed by atoms with E-state index in [-0.39, 0.29) is 24.0 Å². The molecule has 0 aromatic carbocycles. The van der Waals surface area contributed by atoms with E-state index in [0.717, 1.165) is 12.2 Å². The van der Waals surface area contributed by atoms with Crippen molar-refractivity contribution < 1.29 is 13.9 Å². The van der Waals surface area contributed by atoms with Crippen LogP contribution < -0.4 is 16.0 Å². The summed E-state index contributed by atoms with van der Waals surface area (Å²) in [5.74, 6) is 1.59. The summed E-state index contributed by atoms with van der Waals surface area (Å²) >= 11 is 0. The molecular formula is C17H31IN4O3. The van der Waals surface area contributed by atoms with E-state index in [0.29, 0.717) is 19.0 Å². The monoisotopic (exact) mass is 466 g/mol. The molecule has 0 fully saturated rings. The number of furan rings is 1. The number of guanidine groups is 1. The van der Waals surface area contributed by atoms with Gasteiger partial charge in [0.2, 0.25) is 0 Å². The Morgan fingerprint density at radius 2 is 1.92 bits per heavy atom. The first-order valence-electron chi connectivity index (χ1n) is 8.09. The fourth-order valence-electron chi connectivity index (χ4n) is 1.91. The van der Waals surface area contributed by atoms with E-state index in [1.54, 1.807) is 13.3 Å². The van der Waals surface area contributed by atoms with Crippen LogP contribution in [0.4, 0.5) is 4.79 Å². The maximum Gasteiger partial charge on any atom is 0.408 e. The maximum absolute atomic E-state index is 11.9. The van der Waals surface area contributed by atoms with Gasteiger partial charge >= 0.3 is 6.09 Å². The molecule has 0 aliphatic carbocycles. The van der Waals surface area contributed by atoms with Gasteiger partial charge in [-0.25, -0.2) is 4.79 Å². The number of carbonyl (C=O) groups is 1. The summed E-state index contributed by atoms with van der Waals surface area (Å²) in [4.78, 5) is 16.0. The van der Waals surface area contributed by atoms with Crippen molar-refractivity contribution in [2.24, 2.45) is 4.99 Å². The second-order valence-corrected chi connectivity index (χ2v) is 7.19. The van der Waals surface area contributed by atoms with Crippen LogP contribution in [0, 0.1) is 0 Å². The van der Waals surface area contributed by atoms with Gasteiger partial charge in [0.15, 0.2) is 5.96 Å². The van der Waals surface area contributed by atoms with E-state index >= 15 is 0 Å². The number of halogens is 1. The highest BCUT2D eigenvalue weighted by molar-refractivity contribution is 14.0. The SMILES string of the molecule is CN=C(NCCc1ccco1)NCC(C)(C)NC(=O)OC(C)(C)C.I. The molecule has 0 radical (unpaired) electrons. The molecule has 1 aromatic rings. The number of nitrogens with zero attached hydrogens (tertiary/aromatic N) is 1. The minimum atomic E-state index is -0.517. The highest BCUT2D eigenvalue weighted by atomic mass is 127. The van der Waals surface area contributed by atoms with Crippen molar-refractivity contribution in [3.05, 3.63) is 24.2 Å². The second-order valence-electron chi connectivity index (χ2n) is 7.19. The standard InChI is InChI=1S/C17H30N4O3.HI/c1-16(2,3)24-15(22)21-17(4,5)12-20-14(18-6)19-10-9-13-8-7-11-23-13;/h7-8,11H,9-10,12H2,1-6H3,(H,21,22)(H2,18,19,20);1H. The molecule has 0 bridgehead atoms. The third-order valence-electron chi connectivity index (χ3n) is 3.00.